The van der Waals surface area contributed by atoms with Crippen LogP contribution in [0.2, 0.25) is 0 Å². The van der Waals surface area contributed by atoms with Crippen LogP contribution in [0.1, 0.15) is 32.6 Å². The van der Waals surface area contributed by atoms with Crippen molar-refractivity contribution in [1.82, 2.24) is 5.32 Å². The lowest BCUT2D eigenvalue weighted by Gasteiger charge is -2.39. The van der Waals surface area contributed by atoms with Crippen molar-refractivity contribution in [3.05, 3.63) is 179 Å². The highest BCUT2D eigenvalue weighted by atomic mass is 32.2. The van der Waals surface area contributed by atoms with Crippen molar-refractivity contribution in [2.75, 3.05) is 19.0 Å². The van der Waals surface area contributed by atoms with E-state index in [-0.39, 0.29) is 30.6 Å². The third-order valence-electron chi connectivity index (χ3n) is 8.96. The molecule has 1 saturated heterocycles. The van der Waals surface area contributed by atoms with E-state index in [1.54, 1.807) is 30.3 Å². The lowest BCUT2D eigenvalue weighted by Crippen LogP contribution is -2.46. The summed E-state index contributed by atoms with van der Waals surface area (Å²) in [6.07, 6.45) is -0.518. The zero-order valence-electron chi connectivity index (χ0n) is 25.4. The first-order chi connectivity index (χ1) is 23.0. The van der Waals surface area contributed by atoms with Gasteiger partial charge in [0.25, 0.3) is 5.91 Å². The zero-order valence-corrected chi connectivity index (χ0v) is 26.2. The molecular weight excluding hydrogens is 615 g/mol. The van der Waals surface area contributed by atoms with Gasteiger partial charge in [0.05, 0.1) is 19.3 Å². The highest BCUT2D eigenvalue weighted by molar-refractivity contribution is 8.13. The molecule has 0 saturated carbocycles. The monoisotopic (exact) mass is 646 g/mol. The number of fused-ring (bicyclic) bond motifs is 1. The number of ether oxygens (including phenoxy) is 2. The highest BCUT2D eigenvalue weighted by Gasteiger charge is 2.55. The van der Waals surface area contributed by atoms with Crippen LogP contribution in [-0.4, -0.2) is 36.1 Å². The largest absolute Gasteiger partial charge is 0.372 e. The summed E-state index contributed by atoms with van der Waals surface area (Å²) in [5.41, 5.74) is 1.13. The maximum absolute atomic E-state index is 15.6. The van der Waals surface area contributed by atoms with Gasteiger partial charge in [-0.3, -0.25) is 4.79 Å². The average molecular weight is 647 g/mol. The Bertz CT molecular complexity index is 1780. The van der Waals surface area contributed by atoms with E-state index >= 15 is 4.39 Å². The molecule has 0 radical (unpaired) electrons. The molecular formula is C39H32F2N2O3S. The zero-order chi connectivity index (χ0) is 32.3. The molecule has 0 unspecified atom stereocenters. The van der Waals surface area contributed by atoms with Gasteiger partial charge in [0.1, 0.15) is 11.1 Å². The van der Waals surface area contributed by atoms with Crippen molar-refractivity contribution >= 4 is 22.8 Å². The van der Waals surface area contributed by atoms with Gasteiger partial charge in [-0.05, 0) is 34.9 Å². The molecule has 1 amide bonds. The van der Waals surface area contributed by atoms with Crippen LogP contribution in [0.4, 0.5) is 8.78 Å². The van der Waals surface area contributed by atoms with Crippen LogP contribution in [0.3, 0.4) is 0 Å². The van der Waals surface area contributed by atoms with Crippen LogP contribution in [0, 0.1) is 17.6 Å². The van der Waals surface area contributed by atoms with E-state index in [1.807, 2.05) is 97.1 Å². The Hall–Kier alpha value is -4.63. The molecule has 47 heavy (non-hydrogen) atoms. The lowest BCUT2D eigenvalue weighted by molar-refractivity contribution is -0.0536. The number of hydrogen-bond donors (Lipinski definition) is 1. The summed E-state index contributed by atoms with van der Waals surface area (Å²) in [6.45, 7) is 0.135. The molecule has 236 valence electrons. The summed E-state index contributed by atoms with van der Waals surface area (Å²) in [5, 5.41) is 3.21. The van der Waals surface area contributed by atoms with E-state index in [1.165, 1.54) is 17.8 Å². The van der Waals surface area contributed by atoms with Gasteiger partial charge in [-0.25, -0.2) is 13.8 Å². The summed E-state index contributed by atoms with van der Waals surface area (Å²) in [4.78, 5) is 18.0. The Morgan fingerprint density at radius 2 is 1.36 bits per heavy atom. The Labute approximate surface area is 276 Å². The maximum atomic E-state index is 15.6. The quantitative estimate of drug-likeness (QED) is 0.176. The molecule has 3 atom stereocenters. The average Bonchev–Trinajstić information content (AvgIpc) is 3.50. The molecule has 0 aliphatic carbocycles. The number of aliphatic imine (C=N–C) groups is 1. The lowest BCUT2D eigenvalue weighted by atomic mass is 9.78. The summed E-state index contributed by atoms with van der Waals surface area (Å²) >= 11 is 1.36. The third-order valence-corrected chi connectivity index (χ3v) is 9.95. The van der Waals surface area contributed by atoms with Gasteiger partial charge in [0, 0.05) is 22.8 Å². The minimum atomic E-state index is -1.28. The van der Waals surface area contributed by atoms with Crippen LogP contribution in [0.25, 0.3) is 0 Å². The van der Waals surface area contributed by atoms with E-state index in [2.05, 4.69) is 5.32 Å². The fourth-order valence-corrected chi connectivity index (χ4v) is 7.87. The van der Waals surface area contributed by atoms with Gasteiger partial charge >= 0.3 is 0 Å². The minimum Gasteiger partial charge on any atom is -0.372 e. The first-order valence-corrected chi connectivity index (χ1v) is 16.5. The van der Waals surface area contributed by atoms with Crippen molar-refractivity contribution in [1.29, 1.82) is 0 Å². The Morgan fingerprint density at radius 3 is 1.94 bits per heavy atom. The van der Waals surface area contributed by atoms with Crippen LogP contribution in [0.15, 0.2) is 145 Å². The second-order valence-corrected chi connectivity index (χ2v) is 12.6. The first-order valence-electron chi connectivity index (χ1n) is 15.5. The Kier molecular flexibility index (Phi) is 8.73. The molecule has 1 fully saturated rings. The fraction of sp³-hybridized carbons (Fsp3) is 0.179. The third kappa shape index (κ3) is 5.78. The number of hydrogen-bond acceptors (Lipinski definition) is 5. The van der Waals surface area contributed by atoms with Crippen molar-refractivity contribution in [2.45, 2.75) is 17.2 Å². The normalized spacial score (nSPS) is 20.7. The molecule has 1 N–H and O–H groups in total. The standard InChI is InChI=1S/C39H32F2N2O3S/c40-33-23-13-22-31(35(33)41)38-26-45-34(32(38)25-47-37(43-38)42-36(44)27-14-5-1-6-15-27)24-46-39(28-16-7-2-8-17-28,29-18-9-3-10-19-29)30-20-11-4-12-21-30/h1-23,32,34H,24-26H2,(H,42,43,44)/t32-,34-,38-/m1/s1. The van der Waals surface area contributed by atoms with E-state index in [4.69, 9.17) is 14.5 Å². The molecule has 2 heterocycles. The van der Waals surface area contributed by atoms with Gasteiger partial charge in [-0.2, -0.15) is 0 Å². The predicted molar refractivity (Wildman–Crippen MR) is 180 cm³/mol. The number of thioether (sulfide) groups is 1. The maximum Gasteiger partial charge on any atom is 0.257 e. The van der Waals surface area contributed by atoms with Gasteiger partial charge in [-0.1, -0.05) is 133 Å². The van der Waals surface area contributed by atoms with E-state index in [9.17, 15) is 9.18 Å². The SMILES string of the molecule is O=C(NC1=N[C@@]2(c3cccc(F)c3F)CO[C@H](COC(c3ccccc3)(c3ccccc3)c3ccccc3)[C@H]2CS1)c1ccccc1. The van der Waals surface area contributed by atoms with Crippen molar-refractivity contribution in [2.24, 2.45) is 10.9 Å². The smallest absolute Gasteiger partial charge is 0.257 e. The number of carbonyl (C=O) groups is 1. The molecule has 2 aliphatic rings. The van der Waals surface area contributed by atoms with Crippen molar-refractivity contribution in [3.8, 4) is 0 Å². The number of amidine groups is 1. The van der Waals surface area contributed by atoms with Gasteiger partial charge < -0.3 is 14.8 Å². The van der Waals surface area contributed by atoms with Crippen molar-refractivity contribution < 1.29 is 23.0 Å². The summed E-state index contributed by atoms with van der Waals surface area (Å²) < 4.78 is 43.9. The van der Waals surface area contributed by atoms with Crippen LogP contribution in [-0.2, 0) is 20.6 Å². The van der Waals surface area contributed by atoms with Crippen molar-refractivity contribution in [3.63, 3.8) is 0 Å². The number of nitrogens with one attached hydrogen (secondary N) is 1. The van der Waals surface area contributed by atoms with E-state index < -0.39 is 28.9 Å². The number of carbonyl (C=O) groups excluding carboxylic acids is 1. The highest BCUT2D eigenvalue weighted by Crippen LogP contribution is 2.50. The van der Waals surface area contributed by atoms with Gasteiger partial charge in [0.2, 0.25) is 0 Å². The molecule has 5 aromatic carbocycles. The second kappa shape index (κ2) is 13.2. The number of rotatable bonds is 8. The molecule has 8 heteroatoms. The molecule has 5 aromatic rings. The van der Waals surface area contributed by atoms with E-state index in [0.29, 0.717) is 16.5 Å². The number of halogens is 2. The first kappa shape index (κ1) is 31.0. The number of nitrogens with zero attached hydrogens (tertiary/aromatic N) is 1. The molecule has 0 spiro atoms. The summed E-state index contributed by atoms with van der Waals surface area (Å²) in [5.74, 6) is -2.22. The molecule has 0 bridgehead atoms. The van der Waals surface area contributed by atoms with Crippen LogP contribution < -0.4 is 5.32 Å². The number of amides is 1. The molecule has 0 aromatic heterocycles. The van der Waals surface area contributed by atoms with Crippen LogP contribution in [0.5, 0.6) is 0 Å². The predicted octanol–water partition coefficient (Wildman–Crippen LogP) is 7.72. The minimum absolute atomic E-state index is 0.00759. The Balaban J connectivity index is 1.27. The molecule has 2 aliphatic heterocycles. The van der Waals surface area contributed by atoms with Crippen LogP contribution >= 0.6 is 11.8 Å². The van der Waals surface area contributed by atoms with Gasteiger partial charge in [0.15, 0.2) is 16.8 Å². The van der Waals surface area contributed by atoms with Gasteiger partial charge in [-0.15, -0.1) is 0 Å². The summed E-state index contributed by atoms with van der Waals surface area (Å²) in [6, 6.07) is 43.0. The number of benzene rings is 5. The van der Waals surface area contributed by atoms with E-state index in [0.717, 1.165) is 22.8 Å². The topological polar surface area (TPSA) is 59.9 Å². The molecule has 5 nitrogen and oxygen atoms in total. The molecule has 7 rings (SSSR count). The second-order valence-electron chi connectivity index (χ2n) is 11.6. The summed E-state index contributed by atoms with van der Waals surface area (Å²) in [7, 11) is 0. The fourth-order valence-electron chi connectivity index (χ4n) is 6.65. The Morgan fingerprint density at radius 1 is 0.809 bits per heavy atom.